The van der Waals surface area contributed by atoms with Crippen LogP contribution in [0.15, 0.2) is 0 Å². The van der Waals surface area contributed by atoms with E-state index >= 15 is 0 Å². The zero-order chi connectivity index (χ0) is 6.95. The molecule has 0 rings (SSSR count). The number of aliphatic hydroxyl groups is 1. The molecule has 0 radical (unpaired) electrons. The van der Waals surface area contributed by atoms with Gasteiger partial charge in [-0.3, -0.25) is 0 Å². The summed E-state index contributed by atoms with van der Waals surface area (Å²) in [6.45, 7) is 2.84. The van der Waals surface area contributed by atoms with Gasteiger partial charge in [-0.2, -0.15) is 11.8 Å². The Bertz CT molecular complexity index is 46.2. The summed E-state index contributed by atoms with van der Waals surface area (Å²) in [6.07, 6.45) is 0. The van der Waals surface area contributed by atoms with E-state index in [1.54, 1.807) is 0 Å². The summed E-state index contributed by atoms with van der Waals surface area (Å²) in [4.78, 5) is 0. The van der Waals surface area contributed by atoms with Gasteiger partial charge in [0, 0.05) is 17.8 Å². The van der Waals surface area contributed by atoms with Crippen molar-refractivity contribution >= 4 is 23.8 Å². The van der Waals surface area contributed by atoms with Gasteiger partial charge < -0.3 is 9.29 Å². The lowest BCUT2D eigenvalue weighted by Crippen LogP contribution is -1.91. The van der Waals surface area contributed by atoms with Crippen LogP contribution in [0.25, 0.3) is 0 Å². The van der Waals surface area contributed by atoms with Gasteiger partial charge in [0.2, 0.25) is 0 Å². The molecular formula is C5H12O2S2. The average molecular weight is 168 g/mol. The lowest BCUT2D eigenvalue weighted by molar-refractivity contribution is 0.342. The predicted octanol–water partition coefficient (Wildman–Crippen LogP) is 1.35. The molecule has 9 heavy (non-hydrogen) atoms. The molecular weight excluding hydrogens is 156 g/mol. The zero-order valence-corrected chi connectivity index (χ0v) is 7.13. The third-order valence-electron chi connectivity index (χ3n) is 0.651. The molecule has 0 saturated carbocycles. The highest BCUT2D eigenvalue weighted by atomic mass is 32.2. The Kier molecular flexibility index (Phi) is 9.21. The minimum absolute atomic E-state index is 0.0524. The van der Waals surface area contributed by atoms with Crippen LogP contribution in [-0.2, 0) is 4.18 Å². The lowest BCUT2D eigenvalue weighted by atomic mass is 10.9. The lowest BCUT2D eigenvalue weighted by Gasteiger charge is -1.97. The van der Waals surface area contributed by atoms with Gasteiger partial charge in [0.1, 0.15) is 5.94 Å². The molecule has 0 unspecified atom stereocenters. The Labute approximate surface area is 64.6 Å². The SMILES string of the molecule is CCSCCOSCO. The molecule has 0 bridgehead atoms. The van der Waals surface area contributed by atoms with Gasteiger partial charge in [-0.15, -0.1) is 0 Å². The van der Waals surface area contributed by atoms with E-state index in [-0.39, 0.29) is 5.94 Å². The Morgan fingerprint density at radius 2 is 2.33 bits per heavy atom. The molecule has 4 heteroatoms. The second-order valence-corrected chi connectivity index (χ2v) is 3.39. The minimum Gasteiger partial charge on any atom is -0.383 e. The van der Waals surface area contributed by atoms with Crippen molar-refractivity contribution in [2.75, 3.05) is 24.1 Å². The Balaban J connectivity index is 2.60. The third-order valence-corrected chi connectivity index (χ3v) is 1.95. The van der Waals surface area contributed by atoms with Gasteiger partial charge in [-0.25, -0.2) is 0 Å². The molecule has 2 nitrogen and oxygen atoms in total. The molecule has 0 fully saturated rings. The largest absolute Gasteiger partial charge is 0.383 e. The van der Waals surface area contributed by atoms with Gasteiger partial charge in [0.05, 0.1) is 6.61 Å². The monoisotopic (exact) mass is 168 g/mol. The highest BCUT2D eigenvalue weighted by Crippen LogP contribution is 2.03. The Hall–Kier alpha value is 0.620. The molecule has 0 aliphatic heterocycles. The topological polar surface area (TPSA) is 29.5 Å². The van der Waals surface area contributed by atoms with Crippen LogP contribution in [0.5, 0.6) is 0 Å². The molecule has 0 amide bonds. The first kappa shape index (κ1) is 9.62. The van der Waals surface area contributed by atoms with Crippen molar-refractivity contribution in [1.82, 2.24) is 0 Å². The van der Waals surface area contributed by atoms with E-state index in [2.05, 4.69) is 6.92 Å². The maximum atomic E-state index is 8.25. The standard InChI is InChI=1S/C5H12O2S2/c1-2-8-4-3-7-9-5-6/h6H,2-5H2,1H3. The highest BCUT2D eigenvalue weighted by molar-refractivity contribution is 7.99. The molecule has 0 aromatic rings. The molecule has 0 heterocycles. The molecule has 0 aromatic heterocycles. The van der Waals surface area contributed by atoms with Crippen LogP contribution in [0.3, 0.4) is 0 Å². The van der Waals surface area contributed by atoms with Gasteiger partial charge >= 0.3 is 0 Å². The Morgan fingerprint density at radius 3 is 2.89 bits per heavy atom. The summed E-state index contributed by atoms with van der Waals surface area (Å²) in [5.41, 5.74) is 0. The molecule has 56 valence electrons. The fraction of sp³-hybridized carbons (Fsp3) is 1.00. The van der Waals surface area contributed by atoms with Crippen LogP contribution >= 0.6 is 23.8 Å². The third kappa shape index (κ3) is 8.62. The maximum absolute atomic E-state index is 8.25. The van der Waals surface area contributed by atoms with Crippen molar-refractivity contribution in [3.05, 3.63) is 0 Å². The van der Waals surface area contributed by atoms with E-state index < -0.39 is 0 Å². The first-order chi connectivity index (χ1) is 4.41. The van der Waals surface area contributed by atoms with E-state index in [9.17, 15) is 0 Å². The summed E-state index contributed by atoms with van der Waals surface area (Å²) < 4.78 is 4.93. The fourth-order valence-corrected chi connectivity index (χ4v) is 1.20. The summed E-state index contributed by atoms with van der Waals surface area (Å²) in [7, 11) is 0. The van der Waals surface area contributed by atoms with E-state index in [4.69, 9.17) is 9.29 Å². The maximum Gasteiger partial charge on any atom is 0.115 e. The smallest absolute Gasteiger partial charge is 0.115 e. The first-order valence-corrected chi connectivity index (χ1v) is 4.91. The number of rotatable bonds is 6. The van der Waals surface area contributed by atoms with Crippen molar-refractivity contribution in [1.29, 1.82) is 0 Å². The number of hydrogen-bond donors (Lipinski definition) is 1. The molecule has 1 N–H and O–H groups in total. The minimum atomic E-state index is 0.0524. The Morgan fingerprint density at radius 1 is 1.56 bits per heavy atom. The second kappa shape index (κ2) is 8.62. The summed E-state index contributed by atoms with van der Waals surface area (Å²) in [6, 6.07) is 0. The van der Waals surface area contributed by atoms with Crippen LogP contribution < -0.4 is 0 Å². The van der Waals surface area contributed by atoms with Crippen molar-refractivity contribution in [3.63, 3.8) is 0 Å². The van der Waals surface area contributed by atoms with Crippen molar-refractivity contribution in [3.8, 4) is 0 Å². The summed E-state index contributed by atoms with van der Waals surface area (Å²) in [5.74, 6) is 2.20. The quantitative estimate of drug-likeness (QED) is 0.368. The summed E-state index contributed by atoms with van der Waals surface area (Å²) >= 11 is 2.94. The average Bonchev–Trinajstić information content (AvgIpc) is 1.89. The van der Waals surface area contributed by atoms with Crippen LogP contribution in [0.1, 0.15) is 6.92 Å². The number of aliphatic hydroxyl groups excluding tert-OH is 1. The van der Waals surface area contributed by atoms with Crippen molar-refractivity contribution in [2.24, 2.45) is 0 Å². The van der Waals surface area contributed by atoms with Crippen molar-refractivity contribution in [2.45, 2.75) is 6.92 Å². The number of hydrogen-bond acceptors (Lipinski definition) is 4. The molecule has 0 saturated heterocycles. The summed E-state index contributed by atoms with van der Waals surface area (Å²) in [5, 5.41) is 8.25. The second-order valence-electron chi connectivity index (χ2n) is 1.27. The molecule has 0 spiro atoms. The van der Waals surface area contributed by atoms with E-state index in [1.807, 2.05) is 11.8 Å². The normalized spacial score (nSPS) is 10.0. The molecule has 0 atom stereocenters. The fourth-order valence-electron chi connectivity index (χ4n) is 0.333. The zero-order valence-electron chi connectivity index (χ0n) is 5.50. The van der Waals surface area contributed by atoms with Gasteiger partial charge in [-0.1, -0.05) is 6.92 Å². The molecule has 0 aliphatic rings. The van der Waals surface area contributed by atoms with E-state index in [1.165, 1.54) is 0 Å². The van der Waals surface area contributed by atoms with Gasteiger partial charge in [-0.05, 0) is 5.75 Å². The van der Waals surface area contributed by atoms with Crippen LogP contribution in [0.4, 0.5) is 0 Å². The first-order valence-electron chi connectivity index (χ1n) is 2.84. The van der Waals surface area contributed by atoms with E-state index in [0.717, 1.165) is 30.2 Å². The van der Waals surface area contributed by atoms with Crippen LogP contribution in [0, 0.1) is 0 Å². The highest BCUT2D eigenvalue weighted by Gasteiger charge is 1.86. The van der Waals surface area contributed by atoms with Crippen molar-refractivity contribution < 1.29 is 9.29 Å². The van der Waals surface area contributed by atoms with Gasteiger partial charge in [0.25, 0.3) is 0 Å². The van der Waals surface area contributed by atoms with Gasteiger partial charge in [0.15, 0.2) is 0 Å². The molecule has 0 aromatic carbocycles. The molecule has 0 aliphatic carbocycles. The van der Waals surface area contributed by atoms with E-state index in [0.29, 0.717) is 0 Å². The predicted molar refractivity (Wildman–Crippen MR) is 43.6 cm³/mol. The van der Waals surface area contributed by atoms with Crippen LogP contribution in [0.2, 0.25) is 0 Å². The van der Waals surface area contributed by atoms with Crippen LogP contribution in [-0.4, -0.2) is 29.2 Å². The number of thioether (sulfide) groups is 1.